The third-order valence-corrected chi connectivity index (χ3v) is 3.59. The van der Waals surface area contributed by atoms with Gasteiger partial charge in [-0.1, -0.05) is 5.21 Å². The summed E-state index contributed by atoms with van der Waals surface area (Å²) in [6.45, 7) is 1.85. The maximum absolute atomic E-state index is 11.8. The first-order valence-electron chi connectivity index (χ1n) is 8.48. The Kier molecular flexibility index (Phi) is 8.33. The summed E-state index contributed by atoms with van der Waals surface area (Å²) in [5.74, 6) is -1.35. The predicted octanol–water partition coefficient (Wildman–Crippen LogP) is 0.283. The van der Waals surface area contributed by atoms with Gasteiger partial charge < -0.3 is 19.9 Å². The minimum atomic E-state index is -1.06. The summed E-state index contributed by atoms with van der Waals surface area (Å²) < 4.78 is 12.1. The molecular weight excluding hydrogens is 354 g/mol. The van der Waals surface area contributed by atoms with Crippen molar-refractivity contribution in [3.8, 4) is 0 Å². The largest absolute Gasteiger partial charge is 0.478 e. The number of carbonyl (C=O) groups excluding carboxylic acids is 1. The molecule has 0 fully saturated rings. The molecule has 2 heterocycles. The molecule has 2 rings (SSSR count). The standard InChI is InChI=1S/C17H23N5O5/c1-26-5-2-4-22-11-15(20-21-22)3-6-27-12-16(23)19-9-13-7-14(17(24)25)10-18-8-13/h7-8,10-11H,2-6,9,12H2,1H3,(H,19,23)(H,24,25). The Morgan fingerprint density at radius 1 is 1.30 bits per heavy atom. The summed E-state index contributed by atoms with van der Waals surface area (Å²) in [5, 5.41) is 19.6. The van der Waals surface area contributed by atoms with Gasteiger partial charge in [0.15, 0.2) is 0 Å². The summed E-state index contributed by atoms with van der Waals surface area (Å²) in [5.41, 5.74) is 1.48. The van der Waals surface area contributed by atoms with E-state index in [2.05, 4.69) is 20.6 Å². The molecule has 10 heteroatoms. The van der Waals surface area contributed by atoms with Gasteiger partial charge in [0.2, 0.25) is 5.91 Å². The Hall–Kier alpha value is -2.85. The van der Waals surface area contributed by atoms with E-state index < -0.39 is 5.97 Å². The lowest BCUT2D eigenvalue weighted by atomic mass is 10.2. The van der Waals surface area contributed by atoms with Crippen molar-refractivity contribution < 1.29 is 24.2 Å². The van der Waals surface area contributed by atoms with Crippen LogP contribution in [-0.4, -0.2) is 63.9 Å². The first-order chi connectivity index (χ1) is 13.1. The van der Waals surface area contributed by atoms with E-state index in [0.717, 1.165) is 18.7 Å². The van der Waals surface area contributed by atoms with Gasteiger partial charge in [-0.3, -0.25) is 14.5 Å². The zero-order valence-corrected chi connectivity index (χ0v) is 15.1. The number of aryl methyl sites for hydroxylation is 1. The fourth-order valence-corrected chi connectivity index (χ4v) is 2.23. The van der Waals surface area contributed by atoms with Crippen molar-refractivity contribution in [2.24, 2.45) is 0 Å². The molecule has 0 bridgehead atoms. The fourth-order valence-electron chi connectivity index (χ4n) is 2.23. The van der Waals surface area contributed by atoms with E-state index >= 15 is 0 Å². The molecule has 0 radical (unpaired) electrons. The molecule has 0 saturated carbocycles. The van der Waals surface area contributed by atoms with E-state index in [9.17, 15) is 9.59 Å². The van der Waals surface area contributed by atoms with E-state index in [1.807, 2.05) is 6.20 Å². The van der Waals surface area contributed by atoms with Crippen molar-refractivity contribution in [2.45, 2.75) is 25.9 Å². The molecule has 27 heavy (non-hydrogen) atoms. The lowest BCUT2D eigenvalue weighted by molar-refractivity contribution is -0.125. The molecule has 2 aromatic heterocycles. The van der Waals surface area contributed by atoms with Crippen molar-refractivity contribution in [3.63, 3.8) is 0 Å². The van der Waals surface area contributed by atoms with Gasteiger partial charge in [-0.25, -0.2) is 4.79 Å². The van der Waals surface area contributed by atoms with E-state index in [1.54, 1.807) is 11.8 Å². The molecule has 0 saturated heterocycles. The van der Waals surface area contributed by atoms with Gasteiger partial charge in [0.1, 0.15) is 6.61 Å². The molecule has 0 aliphatic heterocycles. The third-order valence-electron chi connectivity index (χ3n) is 3.59. The number of ether oxygens (including phenoxy) is 2. The summed E-state index contributed by atoms with van der Waals surface area (Å²) in [4.78, 5) is 26.5. The second-order valence-electron chi connectivity index (χ2n) is 5.79. The lowest BCUT2D eigenvalue weighted by Crippen LogP contribution is -2.27. The molecule has 146 valence electrons. The topological polar surface area (TPSA) is 128 Å². The maximum Gasteiger partial charge on any atom is 0.337 e. The molecule has 2 aromatic rings. The van der Waals surface area contributed by atoms with Crippen LogP contribution < -0.4 is 5.32 Å². The van der Waals surface area contributed by atoms with Crippen LogP contribution in [0.1, 0.15) is 28.0 Å². The molecule has 0 atom stereocenters. The van der Waals surface area contributed by atoms with Gasteiger partial charge in [0.05, 0.1) is 17.9 Å². The average molecular weight is 377 g/mol. The second-order valence-corrected chi connectivity index (χ2v) is 5.79. The number of hydrogen-bond acceptors (Lipinski definition) is 7. The van der Waals surface area contributed by atoms with Crippen molar-refractivity contribution in [1.82, 2.24) is 25.3 Å². The van der Waals surface area contributed by atoms with Gasteiger partial charge >= 0.3 is 5.97 Å². The number of aromatic nitrogens is 4. The van der Waals surface area contributed by atoms with E-state index in [4.69, 9.17) is 14.6 Å². The molecule has 0 aromatic carbocycles. The van der Waals surface area contributed by atoms with Crippen LogP contribution in [0.15, 0.2) is 24.7 Å². The number of carbonyl (C=O) groups is 2. The smallest absolute Gasteiger partial charge is 0.337 e. The fraction of sp³-hybridized carbons (Fsp3) is 0.471. The maximum atomic E-state index is 11.8. The van der Waals surface area contributed by atoms with Crippen molar-refractivity contribution >= 4 is 11.9 Å². The highest BCUT2D eigenvalue weighted by molar-refractivity contribution is 5.87. The van der Waals surface area contributed by atoms with Gasteiger partial charge in [0, 0.05) is 51.8 Å². The minimum Gasteiger partial charge on any atom is -0.478 e. The Bertz CT molecular complexity index is 749. The monoisotopic (exact) mass is 377 g/mol. The third kappa shape index (κ3) is 7.50. The van der Waals surface area contributed by atoms with Crippen LogP contribution in [0.3, 0.4) is 0 Å². The number of amides is 1. The number of nitrogens with zero attached hydrogens (tertiary/aromatic N) is 4. The number of hydrogen-bond donors (Lipinski definition) is 2. The zero-order chi connectivity index (χ0) is 19.5. The van der Waals surface area contributed by atoms with E-state index in [-0.39, 0.29) is 24.6 Å². The van der Waals surface area contributed by atoms with Gasteiger partial charge in [-0.05, 0) is 18.1 Å². The van der Waals surface area contributed by atoms with Crippen LogP contribution in [0.25, 0.3) is 0 Å². The Labute approximate surface area is 156 Å². The Balaban J connectivity index is 1.62. The average Bonchev–Trinajstić information content (AvgIpc) is 3.12. The van der Waals surface area contributed by atoms with Crippen molar-refractivity contribution in [3.05, 3.63) is 41.5 Å². The van der Waals surface area contributed by atoms with E-state index in [1.165, 1.54) is 18.5 Å². The summed E-state index contributed by atoms with van der Waals surface area (Å²) in [7, 11) is 1.66. The highest BCUT2D eigenvalue weighted by atomic mass is 16.5. The molecule has 1 amide bonds. The SMILES string of the molecule is COCCCn1cc(CCOCC(=O)NCc2cncc(C(=O)O)c2)nn1. The molecule has 0 spiro atoms. The van der Waals surface area contributed by atoms with Gasteiger partial charge in [0.25, 0.3) is 0 Å². The van der Waals surface area contributed by atoms with Gasteiger partial charge in [-0.15, -0.1) is 5.10 Å². The first kappa shape index (κ1) is 20.5. The summed E-state index contributed by atoms with van der Waals surface area (Å²) >= 11 is 0. The summed E-state index contributed by atoms with van der Waals surface area (Å²) in [6.07, 6.45) is 6.03. The quantitative estimate of drug-likeness (QED) is 0.505. The van der Waals surface area contributed by atoms with E-state index in [0.29, 0.717) is 25.2 Å². The number of methoxy groups -OCH3 is 1. The van der Waals surface area contributed by atoms with Crippen LogP contribution in [0.2, 0.25) is 0 Å². The second kappa shape index (κ2) is 11.0. The molecule has 10 nitrogen and oxygen atoms in total. The highest BCUT2D eigenvalue weighted by Crippen LogP contribution is 2.02. The molecule has 0 unspecified atom stereocenters. The van der Waals surface area contributed by atoms with Crippen LogP contribution in [0.5, 0.6) is 0 Å². The van der Waals surface area contributed by atoms with Crippen LogP contribution >= 0.6 is 0 Å². The van der Waals surface area contributed by atoms with Crippen LogP contribution in [0.4, 0.5) is 0 Å². The van der Waals surface area contributed by atoms with Crippen molar-refractivity contribution in [1.29, 1.82) is 0 Å². The lowest BCUT2D eigenvalue weighted by Gasteiger charge is -2.06. The Morgan fingerprint density at radius 3 is 2.93 bits per heavy atom. The molecule has 0 aliphatic rings. The normalized spacial score (nSPS) is 10.7. The number of nitrogens with one attached hydrogen (secondary N) is 1. The number of carboxylic acid groups (broad SMARTS) is 1. The number of carboxylic acids is 1. The highest BCUT2D eigenvalue weighted by Gasteiger charge is 2.07. The van der Waals surface area contributed by atoms with Gasteiger partial charge in [-0.2, -0.15) is 0 Å². The Morgan fingerprint density at radius 2 is 2.15 bits per heavy atom. The van der Waals surface area contributed by atoms with Crippen LogP contribution in [-0.2, 0) is 33.8 Å². The number of aromatic carboxylic acids is 1. The zero-order valence-electron chi connectivity index (χ0n) is 15.1. The number of pyridine rings is 1. The van der Waals surface area contributed by atoms with Crippen molar-refractivity contribution in [2.75, 3.05) is 26.9 Å². The molecular formula is C17H23N5O5. The van der Waals surface area contributed by atoms with Crippen LogP contribution in [0, 0.1) is 0 Å². The first-order valence-corrected chi connectivity index (χ1v) is 8.48. The molecule has 0 aliphatic carbocycles. The predicted molar refractivity (Wildman–Crippen MR) is 94.1 cm³/mol. The molecule has 2 N–H and O–H groups in total. The minimum absolute atomic E-state index is 0.0771. The number of rotatable bonds is 12. The summed E-state index contributed by atoms with van der Waals surface area (Å²) in [6, 6.07) is 1.46.